The summed E-state index contributed by atoms with van der Waals surface area (Å²) in [5, 5.41) is 12.5. The Bertz CT molecular complexity index is 982. The van der Waals surface area contributed by atoms with Gasteiger partial charge in [-0.2, -0.15) is 5.26 Å². The highest BCUT2D eigenvalue weighted by atomic mass is 79.9. The predicted molar refractivity (Wildman–Crippen MR) is 105 cm³/mol. The van der Waals surface area contributed by atoms with Crippen LogP contribution in [0.5, 0.6) is 5.75 Å². The summed E-state index contributed by atoms with van der Waals surface area (Å²) >= 11 is 9.35. The average Bonchev–Trinajstić information content (AvgIpc) is 2.64. The molecule has 0 fully saturated rings. The normalized spacial score (nSPS) is 10.4. The third-order valence-corrected chi connectivity index (χ3v) is 5.17. The molecule has 0 bridgehead atoms. The Morgan fingerprint density at radius 2 is 2.11 bits per heavy atom. The third-order valence-electron chi connectivity index (χ3n) is 3.89. The molecule has 1 amide bonds. The van der Waals surface area contributed by atoms with Crippen molar-refractivity contribution in [3.8, 4) is 11.8 Å². The van der Waals surface area contributed by atoms with E-state index in [0.717, 1.165) is 0 Å². The van der Waals surface area contributed by atoms with E-state index in [4.69, 9.17) is 21.1 Å². The molecule has 0 aliphatic carbocycles. The molecule has 0 atom stereocenters. The number of pyridine rings is 1. The Balaban J connectivity index is 2.39. The molecule has 1 N–H and O–H groups in total. The number of benzene rings is 1. The first-order valence-corrected chi connectivity index (χ1v) is 8.95. The molecule has 142 valence electrons. The molecular weight excluding hydrogens is 438 g/mol. The zero-order valence-corrected chi connectivity index (χ0v) is 17.3. The van der Waals surface area contributed by atoms with Crippen molar-refractivity contribution in [2.45, 2.75) is 20.1 Å². The number of amides is 1. The first-order chi connectivity index (χ1) is 12.8. The Hall–Kier alpha value is -2.34. The molecule has 2 aromatic rings. The predicted octanol–water partition coefficient (Wildman–Crippen LogP) is 3.24. The number of anilines is 1. The van der Waals surface area contributed by atoms with Gasteiger partial charge in [-0.05, 0) is 41.1 Å². The summed E-state index contributed by atoms with van der Waals surface area (Å²) < 4.78 is 12.0. The van der Waals surface area contributed by atoms with Crippen molar-refractivity contribution in [2.24, 2.45) is 0 Å². The lowest BCUT2D eigenvalue weighted by molar-refractivity contribution is -0.116. The van der Waals surface area contributed by atoms with Crippen molar-refractivity contribution < 1.29 is 14.3 Å². The molecule has 9 heteroatoms. The molecule has 0 saturated carbocycles. The number of carbonyl (C=O) groups is 1. The van der Waals surface area contributed by atoms with Gasteiger partial charge in [0.25, 0.3) is 5.56 Å². The van der Waals surface area contributed by atoms with Crippen LogP contribution < -0.4 is 15.6 Å². The summed E-state index contributed by atoms with van der Waals surface area (Å²) in [6, 6.07) is 6.70. The van der Waals surface area contributed by atoms with E-state index < -0.39 is 11.5 Å². The summed E-state index contributed by atoms with van der Waals surface area (Å²) in [6.45, 7) is 1.51. The molecule has 1 aromatic heterocycles. The molecule has 1 heterocycles. The SMILES string of the molecule is COCc1c(Br)c(C)n(CC(=O)Nc2cc(Cl)ccc2OC)c(=O)c1C#N. The van der Waals surface area contributed by atoms with E-state index in [2.05, 4.69) is 21.2 Å². The van der Waals surface area contributed by atoms with Crippen molar-refractivity contribution >= 4 is 39.1 Å². The first kappa shape index (κ1) is 21.0. The Morgan fingerprint density at radius 3 is 2.70 bits per heavy atom. The van der Waals surface area contributed by atoms with Crippen molar-refractivity contribution in [1.29, 1.82) is 5.26 Å². The molecular formula is C18H17BrClN3O4. The van der Waals surface area contributed by atoms with E-state index in [1.165, 1.54) is 18.8 Å². The maximum atomic E-state index is 12.7. The maximum absolute atomic E-state index is 12.7. The third kappa shape index (κ3) is 4.50. The number of ether oxygens (including phenoxy) is 2. The quantitative estimate of drug-likeness (QED) is 0.723. The van der Waals surface area contributed by atoms with Gasteiger partial charge in [-0.25, -0.2) is 0 Å². The molecule has 0 aliphatic heterocycles. The van der Waals surface area contributed by atoms with Crippen LogP contribution in [0.4, 0.5) is 5.69 Å². The largest absolute Gasteiger partial charge is 0.495 e. The topological polar surface area (TPSA) is 93.3 Å². The molecule has 1 aromatic carbocycles. The summed E-state index contributed by atoms with van der Waals surface area (Å²) in [4.78, 5) is 25.2. The number of nitrogens with zero attached hydrogens (tertiary/aromatic N) is 2. The van der Waals surface area contributed by atoms with E-state index in [0.29, 0.717) is 32.2 Å². The second kappa shape index (κ2) is 9.04. The van der Waals surface area contributed by atoms with Gasteiger partial charge in [0.05, 0.1) is 19.4 Å². The van der Waals surface area contributed by atoms with Crippen LogP contribution in [0.15, 0.2) is 27.5 Å². The van der Waals surface area contributed by atoms with Crippen LogP contribution in [0, 0.1) is 18.3 Å². The van der Waals surface area contributed by atoms with E-state index in [-0.39, 0.29) is 18.7 Å². The minimum absolute atomic E-state index is 0.0672. The molecule has 0 saturated heterocycles. The van der Waals surface area contributed by atoms with Crippen LogP contribution in [0.25, 0.3) is 0 Å². The lowest BCUT2D eigenvalue weighted by Gasteiger charge is -2.16. The maximum Gasteiger partial charge on any atom is 0.269 e. The van der Waals surface area contributed by atoms with Gasteiger partial charge >= 0.3 is 0 Å². The number of hydrogen-bond donors (Lipinski definition) is 1. The Morgan fingerprint density at radius 1 is 1.41 bits per heavy atom. The Kier molecular flexibility index (Phi) is 7.02. The Labute approximate surface area is 169 Å². The molecule has 0 unspecified atom stereocenters. The fraction of sp³-hybridized carbons (Fsp3) is 0.278. The zero-order valence-electron chi connectivity index (χ0n) is 14.9. The van der Waals surface area contributed by atoms with Gasteiger partial charge in [0.1, 0.15) is 23.9 Å². The fourth-order valence-electron chi connectivity index (χ4n) is 2.56. The highest BCUT2D eigenvalue weighted by Gasteiger charge is 2.20. The zero-order chi connectivity index (χ0) is 20.1. The van der Waals surface area contributed by atoms with Crippen LogP contribution in [-0.4, -0.2) is 24.7 Å². The molecule has 2 rings (SSSR count). The highest BCUT2D eigenvalue weighted by molar-refractivity contribution is 9.10. The fourth-order valence-corrected chi connectivity index (χ4v) is 3.26. The average molecular weight is 455 g/mol. The minimum atomic E-state index is -0.557. The number of hydrogen-bond acceptors (Lipinski definition) is 5. The van der Waals surface area contributed by atoms with Gasteiger partial charge in [-0.3, -0.25) is 9.59 Å². The molecule has 0 aliphatic rings. The van der Waals surface area contributed by atoms with Gasteiger partial charge in [-0.1, -0.05) is 11.6 Å². The first-order valence-electron chi connectivity index (χ1n) is 7.78. The van der Waals surface area contributed by atoms with E-state index in [9.17, 15) is 14.9 Å². The molecule has 0 spiro atoms. The van der Waals surface area contributed by atoms with Crippen LogP contribution in [0.2, 0.25) is 5.02 Å². The summed E-state index contributed by atoms with van der Waals surface area (Å²) in [7, 11) is 2.94. The van der Waals surface area contributed by atoms with E-state index in [1.807, 2.05) is 6.07 Å². The number of halogens is 2. The summed E-state index contributed by atoms with van der Waals surface area (Å²) in [5.74, 6) is -0.0257. The molecule has 27 heavy (non-hydrogen) atoms. The van der Waals surface area contributed by atoms with Gasteiger partial charge < -0.3 is 19.4 Å². The van der Waals surface area contributed by atoms with Gasteiger partial charge in [0.2, 0.25) is 5.91 Å². The molecule has 0 radical (unpaired) electrons. The minimum Gasteiger partial charge on any atom is -0.495 e. The van der Waals surface area contributed by atoms with Gasteiger partial charge in [-0.15, -0.1) is 0 Å². The summed E-state index contributed by atoms with van der Waals surface area (Å²) in [5.41, 5.74) is 0.729. The van der Waals surface area contributed by atoms with E-state index >= 15 is 0 Å². The number of methoxy groups -OCH3 is 2. The van der Waals surface area contributed by atoms with Crippen molar-refractivity contribution in [3.63, 3.8) is 0 Å². The standard InChI is InChI=1S/C18H17BrClN3O4/c1-10-17(19)13(9-26-2)12(7-21)18(25)23(10)8-16(24)22-14-6-11(20)4-5-15(14)27-3/h4-6H,8-9H2,1-3H3,(H,22,24). The number of aromatic nitrogens is 1. The molecule has 7 nitrogen and oxygen atoms in total. The number of rotatable bonds is 6. The van der Waals surface area contributed by atoms with Crippen LogP contribution in [-0.2, 0) is 22.7 Å². The second-order valence-electron chi connectivity index (χ2n) is 5.58. The van der Waals surface area contributed by atoms with Crippen LogP contribution in [0.1, 0.15) is 16.8 Å². The van der Waals surface area contributed by atoms with Gasteiger partial charge in [0, 0.05) is 27.9 Å². The number of nitrogens with one attached hydrogen (secondary N) is 1. The smallest absolute Gasteiger partial charge is 0.269 e. The van der Waals surface area contributed by atoms with Crippen LogP contribution in [0.3, 0.4) is 0 Å². The lowest BCUT2D eigenvalue weighted by atomic mass is 10.1. The second-order valence-corrected chi connectivity index (χ2v) is 6.81. The van der Waals surface area contributed by atoms with Crippen LogP contribution >= 0.6 is 27.5 Å². The summed E-state index contributed by atoms with van der Waals surface area (Å²) in [6.07, 6.45) is 0. The van der Waals surface area contributed by atoms with Crippen molar-refractivity contribution in [1.82, 2.24) is 4.57 Å². The van der Waals surface area contributed by atoms with Crippen molar-refractivity contribution in [3.05, 3.63) is 54.9 Å². The highest BCUT2D eigenvalue weighted by Crippen LogP contribution is 2.28. The van der Waals surface area contributed by atoms with E-state index in [1.54, 1.807) is 25.1 Å². The van der Waals surface area contributed by atoms with Crippen molar-refractivity contribution in [2.75, 3.05) is 19.5 Å². The van der Waals surface area contributed by atoms with Gasteiger partial charge in [0.15, 0.2) is 0 Å². The number of carbonyl (C=O) groups excluding carboxylic acids is 1. The lowest BCUT2D eigenvalue weighted by Crippen LogP contribution is -2.32. The number of nitriles is 1. The monoisotopic (exact) mass is 453 g/mol.